The van der Waals surface area contributed by atoms with Crippen LogP contribution in [0, 0.1) is 5.92 Å². The van der Waals surface area contributed by atoms with E-state index >= 15 is 0 Å². The van der Waals surface area contributed by atoms with Crippen LogP contribution < -0.4 is 14.4 Å². The van der Waals surface area contributed by atoms with Crippen molar-refractivity contribution < 1.29 is 23.9 Å². The van der Waals surface area contributed by atoms with Gasteiger partial charge in [0, 0.05) is 50.8 Å². The van der Waals surface area contributed by atoms with Crippen LogP contribution in [0.1, 0.15) is 16.8 Å². The maximum Gasteiger partial charge on any atom is 0.253 e. The molecule has 2 aromatic rings. The maximum atomic E-state index is 13.1. The summed E-state index contributed by atoms with van der Waals surface area (Å²) in [5.74, 6) is 0.577. The van der Waals surface area contributed by atoms with Gasteiger partial charge >= 0.3 is 0 Å². The standard InChI is InChI=1S/C24H27N3O5/c1-31-19-8-9-20(21(15-19)32-2)27-16-18(14-22(27)28)24(30)26-12-10-25(11-13-26)23(29)17-6-4-3-5-7-17/h3-9,15,18H,10-14,16H2,1-2H3/t18-/m0/s1. The molecule has 0 saturated carbocycles. The maximum absolute atomic E-state index is 13.1. The van der Waals surface area contributed by atoms with Crippen LogP contribution >= 0.6 is 0 Å². The third-order valence-electron chi connectivity index (χ3n) is 6.05. The SMILES string of the molecule is COc1ccc(N2C[C@@H](C(=O)N3CCN(C(=O)c4ccccc4)CC3)CC2=O)c(OC)c1. The molecular weight excluding hydrogens is 410 g/mol. The van der Waals surface area contributed by atoms with Crippen LogP contribution in [0.5, 0.6) is 11.5 Å². The number of hydrogen-bond acceptors (Lipinski definition) is 5. The summed E-state index contributed by atoms with van der Waals surface area (Å²) in [6.45, 7) is 2.21. The van der Waals surface area contributed by atoms with E-state index in [1.807, 2.05) is 18.2 Å². The molecule has 2 aromatic carbocycles. The van der Waals surface area contributed by atoms with Gasteiger partial charge in [-0.05, 0) is 24.3 Å². The van der Waals surface area contributed by atoms with E-state index in [9.17, 15) is 14.4 Å². The molecule has 8 nitrogen and oxygen atoms in total. The number of ether oxygens (including phenoxy) is 2. The van der Waals surface area contributed by atoms with E-state index in [1.165, 1.54) is 7.11 Å². The van der Waals surface area contributed by atoms with Crippen molar-refractivity contribution in [2.75, 3.05) is 51.8 Å². The third-order valence-corrected chi connectivity index (χ3v) is 6.05. The first-order valence-electron chi connectivity index (χ1n) is 10.7. The van der Waals surface area contributed by atoms with Gasteiger partial charge in [0.2, 0.25) is 11.8 Å². The van der Waals surface area contributed by atoms with Crippen molar-refractivity contribution in [3.05, 3.63) is 54.1 Å². The fraction of sp³-hybridized carbons (Fsp3) is 0.375. The van der Waals surface area contributed by atoms with Crippen LogP contribution in [0.4, 0.5) is 5.69 Å². The van der Waals surface area contributed by atoms with Crippen LogP contribution in [0.15, 0.2) is 48.5 Å². The van der Waals surface area contributed by atoms with Gasteiger partial charge in [0.1, 0.15) is 11.5 Å². The Morgan fingerprint density at radius 3 is 2.25 bits per heavy atom. The molecule has 2 fully saturated rings. The van der Waals surface area contributed by atoms with Crippen molar-refractivity contribution >= 4 is 23.4 Å². The molecule has 8 heteroatoms. The second-order valence-corrected chi connectivity index (χ2v) is 7.93. The molecule has 2 aliphatic rings. The van der Waals surface area contributed by atoms with Crippen molar-refractivity contribution in [3.8, 4) is 11.5 Å². The van der Waals surface area contributed by atoms with Crippen molar-refractivity contribution in [3.63, 3.8) is 0 Å². The zero-order valence-electron chi connectivity index (χ0n) is 18.3. The van der Waals surface area contributed by atoms with E-state index in [1.54, 1.807) is 52.1 Å². The lowest BCUT2D eigenvalue weighted by Crippen LogP contribution is -2.52. The van der Waals surface area contributed by atoms with Crippen LogP contribution in [0.25, 0.3) is 0 Å². The minimum absolute atomic E-state index is 0.0217. The van der Waals surface area contributed by atoms with Crippen LogP contribution in [0.2, 0.25) is 0 Å². The average molecular weight is 437 g/mol. The number of carbonyl (C=O) groups excluding carboxylic acids is 3. The predicted octanol–water partition coefficient (Wildman–Crippen LogP) is 2.04. The quantitative estimate of drug-likeness (QED) is 0.715. The number of hydrogen-bond donors (Lipinski definition) is 0. The van der Waals surface area contributed by atoms with E-state index in [-0.39, 0.29) is 24.1 Å². The highest BCUT2D eigenvalue weighted by Gasteiger charge is 2.39. The Morgan fingerprint density at radius 1 is 0.906 bits per heavy atom. The fourth-order valence-corrected chi connectivity index (χ4v) is 4.27. The fourth-order valence-electron chi connectivity index (χ4n) is 4.27. The molecule has 0 unspecified atom stereocenters. The van der Waals surface area contributed by atoms with E-state index < -0.39 is 5.92 Å². The number of amides is 3. The Balaban J connectivity index is 1.38. The molecular formula is C24H27N3O5. The molecule has 0 bridgehead atoms. The third kappa shape index (κ3) is 4.26. The first kappa shape index (κ1) is 21.7. The molecule has 4 rings (SSSR count). The Bertz CT molecular complexity index is 1000. The lowest BCUT2D eigenvalue weighted by atomic mass is 10.1. The van der Waals surface area contributed by atoms with Gasteiger partial charge in [0.25, 0.3) is 5.91 Å². The van der Waals surface area contributed by atoms with Gasteiger partial charge in [-0.1, -0.05) is 18.2 Å². The largest absolute Gasteiger partial charge is 0.497 e. The average Bonchev–Trinajstić information content (AvgIpc) is 3.24. The molecule has 2 aliphatic heterocycles. The van der Waals surface area contributed by atoms with Gasteiger partial charge in [0.15, 0.2) is 0 Å². The Labute approximate surface area is 187 Å². The highest BCUT2D eigenvalue weighted by Crippen LogP contribution is 2.36. The van der Waals surface area contributed by atoms with E-state index in [0.717, 1.165) is 0 Å². The summed E-state index contributed by atoms with van der Waals surface area (Å²) in [6.07, 6.45) is 0.164. The first-order chi connectivity index (χ1) is 15.5. The molecule has 3 amide bonds. The molecule has 2 heterocycles. The van der Waals surface area contributed by atoms with Gasteiger partial charge in [-0.2, -0.15) is 0 Å². The molecule has 168 valence electrons. The number of benzene rings is 2. The molecule has 0 spiro atoms. The van der Waals surface area contributed by atoms with E-state index in [2.05, 4.69) is 0 Å². The molecule has 1 atom stereocenters. The lowest BCUT2D eigenvalue weighted by Gasteiger charge is -2.36. The topological polar surface area (TPSA) is 79.4 Å². The van der Waals surface area contributed by atoms with Gasteiger partial charge in [-0.25, -0.2) is 0 Å². The number of rotatable bonds is 5. The van der Waals surface area contributed by atoms with Gasteiger partial charge in [-0.3, -0.25) is 14.4 Å². The first-order valence-corrected chi connectivity index (χ1v) is 10.7. The summed E-state index contributed by atoms with van der Waals surface area (Å²) in [6, 6.07) is 14.4. The van der Waals surface area contributed by atoms with Gasteiger partial charge in [0.05, 0.1) is 25.8 Å². The zero-order valence-corrected chi connectivity index (χ0v) is 18.3. The van der Waals surface area contributed by atoms with Crippen LogP contribution in [0.3, 0.4) is 0 Å². The van der Waals surface area contributed by atoms with Crippen molar-refractivity contribution in [2.45, 2.75) is 6.42 Å². The number of nitrogens with zero attached hydrogens (tertiary/aromatic N) is 3. The van der Waals surface area contributed by atoms with Gasteiger partial charge < -0.3 is 24.2 Å². The minimum atomic E-state index is -0.411. The van der Waals surface area contributed by atoms with Crippen LogP contribution in [-0.2, 0) is 9.59 Å². The predicted molar refractivity (Wildman–Crippen MR) is 119 cm³/mol. The van der Waals surface area contributed by atoms with Crippen LogP contribution in [-0.4, -0.2) is 74.5 Å². The molecule has 0 aromatic heterocycles. The molecule has 32 heavy (non-hydrogen) atoms. The molecule has 0 radical (unpaired) electrons. The zero-order chi connectivity index (χ0) is 22.7. The highest BCUT2D eigenvalue weighted by molar-refractivity contribution is 6.01. The normalized spacial score (nSPS) is 18.6. The Morgan fingerprint density at radius 2 is 1.59 bits per heavy atom. The summed E-state index contributed by atoms with van der Waals surface area (Å²) in [4.78, 5) is 43.6. The summed E-state index contributed by atoms with van der Waals surface area (Å²) < 4.78 is 10.6. The summed E-state index contributed by atoms with van der Waals surface area (Å²) in [5.41, 5.74) is 1.28. The number of piperazine rings is 1. The number of anilines is 1. The van der Waals surface area contributed by atoms with Crippen molar-refractivity contribution in [1.82, 2.24) is 9.80 Å². The summed E-state index contributed by atoms with van der Waals surface area (Å²) in [5, 5.41) is 0. The van der Waals surface area contributed by atoms with Crippen molar-refractivity contribution in [2.24, 2.45) is 5.92 Å². The monoisotopic (exact) mass is 437 g/mol. The number of carbonyl (C=O) groups is 3. The second kappa shape index (κ2) is 9.30. The smallest absolute Gasteiger partial charge is 0.253 e. The molecule has 0 N–H and O–H groups in total. The van der Waals surface area contributed by atoms with Crippen molar-refractivity contribution in [1.29, 1.82) is 0 Å². The summed E-state index contributed by atoms with van der Waals surface area (Å²) >= 11 is 0. The van der Waals surface area contributed by atoms with Gasteiger partial charge in [-0.15, -0.1) is 0 Å². The molecule has 0 aliphatic carbocycles. The van der Waals surface area contributed by atoms with E-state index in [4.69, 9.17) is 9.47 Å². The minimum Gasteiger partial charge on any atom is -0.497 e. The van der Waals surface area contributed by atoms with E-state index in [0.29, 0.717) is 55.5 Å². The summed E-state index contributed by atoms with van der Waals surface area (Å²) in [7, 11) is 3.11. The molecule has 2 saturated heterocycles. The lowest BCUT2D eigenvalue weighted by molar-refractivity contribution is -0.137. The second-order valence-electron chi connectivity index (χ2n) is 7.93. The highest BCUT2D eigenvalue weighted by atomic mass is 16.5. The Hall–Kier alpha value is -3.55. The Kier molecular flexibility index (Phi) is 6.30. The number of methoxy groups -OCH3 is 2.